The molecule has 1 saturated carbocycles. The van der Waals surface area contributed by atoms with Crippen LogP contribution in [0.4, 0.5) is 0 Å². The summed E-state index contributed by atoms with van der Waals surface area (Å²) in [6.07, 6.45) is 4.15. The zero-order valence-electron chi connectivity index (χ0n) is 8.84. The molecule has 2 rings (SSSR count). The molecule has 2 heteroatoms. The maximum atomic E-state index is 3.68. The molecule has 2 N–H and O–H groups in total. The Labute approximate surface area is 81.5 Å². The molecule has 1 aliphatic heterocycles. The average molecular weight is 182 g/mol. The lowest BCUT2D eigenvalue weighted by atomic mass is 9.81. The molecule has 0 amide bonds. The van der Waals surface area contributed by atoms with Gasteiger partial charge in [0.2, 0.25) is 0 Å². The number of nitrogens with one attached hydrogen (secondary N) is 2. The first-order chi connectivity index (χ1) is 6.25. The van der Waals surface area contributed by atoms with Gasteiger partial charge in [-0.3, -0.25) is 0 Å². The van der Waals surface area contributed by atoms with Crippen molar-refractivity contribution in [3.63, 3.8) is 0 Å². The zero-order valence-corrected chi connectivity index (χ0v) is 8.84. The molecule has 0 radical (unpaired) electrons. The minimum absolute atomic E-state index is 0.727. The van der Waals surface area contributed by atoms with Crippen molar-refractivity contribution in [2.24, 2.45) is 11.8 Å². The first kappa shape index (κ1) is 9.47. The van der Waals surface area contributed by atoms with Crippen LogP contribution in [0.1, 0.15) is 33.1 Å². The molecule has 13 heavy (non-hydrogen) atoms. The maximum absolute atomic E-state index is 3.68. The van der Waals surface area contributed by atoms with Crippen LogP contribution in [0.5, 0.6) is 0 Å². The normalized spacial score (nSPS) is 44.8. The molecule has 1 heterocycles. The summed E-state index contributed by atoms with van der Waals surface area (Å²) in [5, 5.41) is 7.18. The molecule has 2 unspecified atom stereocenters. The molecular formula is C11H22N2. The summed E-state index contributed by atoms with van der Waals surface area (Å²) in [6, 6.07) is 1.56. The van der Waals surface area contributed by atoms with Gasteiger partial charge in [0.15, 0.2) is 0 Å². The molecule has 76 valence electrons. The van der Waals surface area contributed by atoms with E-state index in [2.05, 4.69) is 24.5 Å². The summed E-state index contributed by atoms with van der Waals surface area (Å²) < 4.78 is 0. The van der Waals surface area contributed by atoms with Crippen LogP contribution in [-0.4, -0.2) is 25.2 Å². The summed E-state index contributed by atoms with van der Waals surface area (Å²) in [5.74, 6) is 1.84. The van der Waals surface area contributed by atoms with Gasteiger partial charge in [0, 0.05) is 12.1 Å². The Morgan fingerprint density at radius 1 is 1.31 bits per heavy atom. The van der Waals surface area contributed by atoms with E-state index < -0.39 is 0 Å². The van der Waals surface area contributed by atoms with Crippen LogP contribution in [0, 0.1) is 11.8 Å². The molecular weight excluding hydrogens is 160 g/mol. The van der Waals surface area contributed by atoms with Crippen LogP contribution in [0.2, 0.25) is 0 Å². The van der Waals surface area contributed by atoms with E-state index in [9.17, 15) is 0 Å². The van der Waals surface area contributed by atoms with Gasteiger partial charge in [0.05, 0.1) is 0 Å². The molecule has 2 atom stereocenters. The van der Waals surface area contributed by atoms with Gasteiger partial charge in [0.1, 0.15) is 0 Å². The third-order valence-corrected chi connectivity index (χ3v) is 3.73. The van der Waals surface area contributed by atoms with Crippen LogP contribution in [0.3, 0.4) is 0 Å². The van der Waals surface area contributed by atoms with Gasteiger partial charge in [-0.1, -0.05) is 6.92 Å². The molecule has 0 spiro atoms. The van der Waals surface area contributed by atoms with E-state index in [1.54, 1.807) is 0 Å². The lowest BCUT2D eigenvalue weighted by Gasteiger charge is -2.34. The van der Waals surface area contributed by atoms with Gasteiger partial charge in [-0.05, 0) is 51.1 Å². The van der Waals surface area contributed by atoms with Crippen molar-refractivity contribution in [1.82, 2.24) is 10.6 Å². The van der Waals surface area contributed by atoms with E-state index in [0.717, 1.165) is 23.9 Å². The van der Waals surface area contributed by atoms with Crippen molar-refractivity contribution in [1.29, 1.82) is 0 Å². The molecule has 2 aliphatic rings. The van der Waals surface area contributed by atoms with E-state index in [-0.39, 0.29) is 0 Å². The Morgan fingerprint density at radius 2 is 2.08 bits per heavy atom. The second kappa shape index (κ2) is 3.97. The van der Waals surface area contributed by atoms with Crippen LogP contribution in [-0.2, 0) is 0 Å². The highest BCUT2D eigenvalue weighted by atomic mass is 15.0. The Kier molecular flexibility index (Phi) is 2.89. The first-order valence-corrected chi connectivity index (χ1v) is 5.72. The third-order valence-electron chi connectivity index (χ3n) is 3.73. The first-order valence-electron chi connectivity index (χ1n) is 5.72. The lowest BCUT2D eigenvalue weighted by molar-refractivity contribution is 0.229. The molecule has 2 nitrogen and oxygen atoms in total. The van der Waals surface area contributed by atoms with Crippen LogP contribution in [0.15, 0.2) is 0 Å². The predicted octanol–water partition coefficient (Wildman–Crippen LogP) is 1.37. The van der Waals surface area contributed by atoms with Crippen molar-refractivity contribution in [2.45, 2.75) is 45.2 Å². The Morgan fingerprint density at radius 3 is 2.62 bits per heavy atom. The van der Waals surface area contributed by atoms with Crippen LogP contribution in [0.25, 0.3) is 0 Å². The van der Waals surface area contributed by atoms with Gasteiger partial charge in [-0.25, -0.2) is 0 Å². The molecule has 1 aliphatic carbocycles. The van der Waals surface area contributed by atoms with Crippen LogP contribution < -0.4 is 10.6 Å². The number of hydrogen-bond donors (Lipinski definition) is 2. The average Bonchev–Trinajstić information content (AvgIpc) is 2.43. The second-order valence-electron chi connectivity index (χ2n) is 4.97. The molecule has 1 saturated heterocycles. The molecule has 0 aromatic carbocycles. The molecule has 2 fully saturated rings. The summed E-state index contributed by atoms with van der Waals surface area (Å²) in [4.78, 5) is 0. The molecule has 0 aromatic rings. The van der Waals surface area contributed by atoms with Crippen molar-refractivity contribution >= 4 is 0 Å². The third kappa shape index (κ3) is 2.23. The Balaban J connectivity index is 1.62. The zero-order chi connectivity index (χ0) is 9.26. The number of hydrogen-bond acceptors (Lipinski definition) is 2. The number of rotatable bonds is 3. The van der Waals surface area contributed by atoms with Crippen molar-refractivity contribution in [3.8, 4) is 0 Å². The second-order valence-corrected chi connectivity index (χ2v) is 4.97. The highest BCUT2D eigenvalue weighted by Gasteiger charge is 2.27. The Hall–Kier alpha value is -0.0800. The maximum Gasteiger partial charge on any atom is 0.00795 e. The lowest BCUT2D eigenvalue weighted by Crippen LogP contribution is -2.43. The van der Waals surface area contributed by atoms with E-state index >= 15 is 0 Å². The van der Waals surface area contributed by atoms with Gasteiger partial charge in [-0.2, -0.15) is 0 Å². The van der Waals surface area contributed by atoms with Crippen molar-refractivity contribution < 1.29 is 0 Å². The summed E-state index contributed by atoms with van der Waals surface area (Å²) in [6.45, 7) is 7.10. The predicted molar refractivity (Wildman–Crippen MR) is 55.8 cm³/mol. The fourth-order valence-electron chi connectivity index (χ4n) is 2.58. The molecule has 0 bridgehead atoms. The van der Waals surface area contributed by atoms with Gasteiger partial charge >= 0.3 is 0 Å². The standard InChI is InChI=1S/C11H22N2/c1-8-5-11(6-8)13-7-10-3-4-12-9(10)2/h8-13H,3-7H2,1-2H3. The topological polar surface area (TPSA) is 24.1 Å². The SMILES string of the molecule is CC1CC(NCC2CCNC2C)C1. The van der Waals surface area contributed by atoms with Crippen molar-refractivity contribution in [2.75, 3.05) is 13.1 Å². The van der Waals surface area contributed by atoms with Gasteiger partial charge < -0.3 is 10.6 Å². The minimum atomic E-state index is 0.727. The van der Waals surface area contributed by atoms with E-state index in [4.69, 9.17) is 0 Å². The van der Waals surface area contributed by atoms with Crippen molar-refractivity contribution in [3.05, 3.63) is 0 Å². The van der Waals surface area contributed by atoms with E-state index in [1.165, 1.54) is 32.4 Å². The highest BCUT2D eigenvalue weighted by molar-refractivity contribution is 4.86. The van der Waals surface area contributed by atoms with Gasteiger partial charge in [-0.15, -0.1) is 0 Å². The summed E-state index contributed by atoms with van der Waals surface area (Å²) in [5.41, 5.74) is 0. The fourth-order valence-corrected chi connectivity index (χ4v) is 2.58. The van der Waals surface area contributed by atoms with Gasteiger partial charge in [0.25, 0.3) is 0 Å². The van der Waals surface area contributed by atoms with E-state index in [0.29, 0.717) is 0 Å². The highest BCUT2D eigenvalue weighted by Crippen LogP contribution is 2.26. The fraction of sp³-hybridized carbons (Fsp3) is 1.00. The molecule has 0 aromatic heterocycles. The summed E-state index contributed by atoms with van der Waals surface area (Å²) in [7, 11) is 0. The Bertz CT molecular complexity index is 163. The smallest absolute Gasteiger partial charge is 0.00795 e. The minimum Gasteiger partial charge on any atom is -0.314 e. The largest absolute Gasteiger partial charge is 0.314 e. The summed E-state index contributed by atoms with van der Waals surface area (Å²) >= 11 is 0. The van der Waals surface area contributed by atoms with Crippen LogP contribution >= 0.6 is 0 Å². The van der Waals surface area contributed by atoms with E-state index in [1.807, 2.05) is 0 Å². The quantitative estimate of drug-likeness (QED) is 0.689. The monoisotopic (exact) mass is 182 g/mol.